The minimum atomic E-state index is -0.125. The number of rotatable bonds is 1. The maximum Gasteiger partial charge on any atom is 0.0582 e. The average molecular weight is 290 g/mol. The lowest BCUT2D eigenvalue weighted by molar-refractivity contribution is -0.0407. The summed E-state index contributed by atoms with van der Waals surface area (Å²) in [6.45, 7) is 12.1. The van der Waals surface area contributed by atoms with Crippen molar-refractivity contribution in [3.05, 3.63) is 11.6 Å². The molecular formula is C20H34O. The molecule has 1 heteroatoms. The number of hydrogen-bond donors (Lipinski definition) is 1. The van der Waals surface area contributed by atoms with Gasteiger partial charge in [-0.05, 0) is 80.0 Å². The van der Waals surface area contributed by atoms with Gasteiger partial charge in [0.25, 0.3) is 0 Å². The van der Waals surface area contributed by atoms with Crippen LogP contribution in [0, 0.1) is 34.5 Å². The third-order valence-corrected chi connectivity index (χ3v) is 7.35. The number of hydrogen-bond acceptors (Lipinski definition) is 1. The summed E-state index contributed by atoms with van der Waals surface area (Å²) in [6, 6.07) is 0. The van der Waals surface area contributed by atoms with Gasteiger partial charge >= 0.3 is 0 Å². The van der Waals surface area contributed by atoms with Crippen LogP contribution in [0.2, 0.25) is 0 Å². The van der Waals surface area contributed by atoms with Gasteiger partial charge in [0.15, 0.2) is 0 Å². The molecule has 0 amide bonds. The predicted octanol–water partition coefficient (Wildman–Crippen LogP) is 5.19. The van der Waals surface area contributed by atoms with Crippen molar-refractivity contribution in [1.82, 2.24) is 0 Å². The molecule has 1 nitrogen and oxygen atoms in total. The third-order valence-electron chi connectivity index (χ3n) is 7.35. The lowest BCUT2D eigenvalue weighted by atomic mass is 9.51. The van der Waals surface area contributed by atoms with Gasteiger partial charge in [0, 0.05) is 0 Å². The topological polar surface area (TPSA) is 20.2 Å². The summed E-state index contributed by atoms with van der Waals surface area (Å²) in [4.78, 5) is 0. The van der Waals surface area contributed by atoms with E-state index in [9.17, 15) is 5.11 Å². The summed E-state index contributed by atoms with van der Waals surface area (Å²) in [5.41, 5.74) is 2.29. The molecule has 2 saturated carbocycles. The highest BCUT2D eigenvalue weighted by molar-refractivity contribution is 5.17. The SMILES string of the molecule is CC1=CC2C3C(C(C)C)CCC3(C)CCC2(C)CC(O)C1. The molecule has 0 bridgehead atoms. The van der Waals surface area contributed by atoms with Gasteiger partial charge in [0.05, 0.1) is 6.10 Å². The maximum absolute atomic E-state index is 10.4. The van der Waals surface area contributed by atoms with Crippen LogP contribution in [-0.4, -0.2) is 11.2 Å². The van der Waals surface area contributed by atoms with Crippen LogP contribution < -0.4 is 0 Å². The Morgan fingerprint density at radius 3 is 2.48 bits per heavy atom. The van der Waals surface area contributed by atoms with E-state index in [0.29, 0.717) is 16.7 Å². The Balaban J connectivity index is 2.02. The molecule has 2 fully saturated rings. The van der Waals surface area contributed by atoms with E-state index < -0.39 is 0 Å². The molecule has 3 aliphatic carbocycles. The van der Waals surface area contributed by atoms with Gasteiger partial charge in [0.2, 0.25) is 0 Å². The average Bonchev–Trinajstić information content (AvgIpc) is 2.66. The molecular weight excluding hydrogens is 256 g/mol. The molecule has 0 aliphatic heterocycles. The Kier molecular flexibility index (Phi) is 3.80. The Labute approximate surface area is 131 Å². The van der Waals surface area contributed by atoms with Crippen molar-refractivity contribution in [3.63, 3.8) is 0 Å². The minimum absolute atomic E-state index is 0.125. The fourth-order valence-corrected chi connectivity index (χ4v) is 6.17. The van der Waals surface area contributed by atoms with Crippen LogP contribution in [0.5, 0.6) is 0 Å². The van der Waals surface area contributed by atoms with Gasteiger partial charge in [0.1, 0.15) is 0 Å². The van der Waals surface area contributed by atoms with Crippen molar-refractivity contribution in [3.8, 4) is 0 Å². The molecule has 0 aromatic carbocycles. The summed E-state index contributed by atoms with van der Waals surface area (Å²) in [7, 11) is 0. The fraction of sp³-hybridized carbons (Fsp3) is 0.900. The number of allylic oxidation sites excluding steroid dienone is 1. The lowest BCUT2D eigenvalue weighted by Gasteiger charge is -2.53. The smallest absolute Gasteiger partial charge is 0.0582 e. The number of aliphatic hydroxyl groups excluding tert-OH is 1. The monoisotopic (exact) mass is 290 g/mol. The Morgan fingerprint density at radius 2 is 1.81 bits per heavy atom. The van der Waals surface area contributed by atoms with E-state index >= 15 is 0 Å². The van der Waals surface area contributed by atoms with Gasteiger partial charge < -0.3 is 5.11 Å². The van der Waals surface area contributed by atoms with Crippen molar-refractivity contribution in [2.45, 2.75) is 79.2 Å². The zero-order valence-corrected chi connectivity index (χ0v) is 14.7. The molecule has 1 N–H and O–H groups in total. The molecule has 6 unspecified atom stereocenters. The van der Waals surface area contributed by atoms with Gasteiger partial charge in [-0.3, -0.25) is 0 Å². The van der Waals surface area contributed by atoms with E-state index in [-0.39, 0.29) is 6.10 Å². The van der Waals surface area contributed by atoms with E-state index in [1.54, 1.807) is 0 Å². The van der Waals surface area contributed by atoms with Crippen LogP contribution in [0.1, 0.15) is 73.1 Å². The predicted molar refractivity (Wildman–Crippen MR) is 89.0 cm³/mol. The normalized spacial score (nSPS) is 50.3. The maximum atomic E-state index is 10.4. The molecule has 0 aromatic heterocycles. The lowest BCUT2D eigenvalue weighted by Crippen LogP contribution is -2.47. The molecule has 6 atom stereocenters. The third kappa shape index (κ3) is 2.50. The summed E-state index contributed by atoms with van der Waals surface area (Å²) >= 11 is 0. The first kappa shape index (κ1) is 15.6. The van der Waals surface area contributed by atoms with Crippen LogP contribution >= 0.6 is 0 Å². The number of aliphatic hydroxyl groups is 1. The summed E-state index contributed by atoms with van der Waals surface area (Å²) < 4.78 is 0. The molecule has 120 valence electrons. The first-order valence-electron chi connectivity index (χ1n) is 9.10. The van der Waals surface area contributed by atoms with Crippen molar-refractivity contribution in [2.24, 2.45) is 34.5 Å². The van der Waals surface area contributed by atoms with Gasteiger partial charge in [-0.2, -0.15) is 0 Å². The van der Waals surface area contributed by atoms with Crippen molar-refractivity contribution in [1.29, 1.82) is 0 Å². The summed E-state index contributed by atoms with van der Waals surface area (Å²) in [5, 5.41) is 10.4. The highest BCUT2D eigenvalue weighted by Crippen LogP contribution is 2.65. The largest absolute Gasteiger partial charge is 0.393 e. The van der Waals surface area contributed by atoms with E-state index in [0.717, 1.165) is 30.6 Å². The molecule has 0 spiro atoms. The zero-order valence-electron chi connectivity index (χ0n) is 14.7. The molecule has 21 heavy (non-hydrogen) atoms. The summed E-state index contributed by atoms with van der Waals surface area (Å²) in [5.74, 6) is 3.18. The number of fused-ring (bicyclic) bond motifs is 3. The van der Waals surface area contributed by atoms with Crippen LogP contribution in [0.3, 0.4) is 0 Å². The van der Waals surface area contributed by atoms with E-state index in [1.807, 2.05) is 0 Å². The van der Waals surface area contributed by atoms with Crippen LogP contribution in [0.25, 0.3) is 0 Å². The first-order valence-corrected chi connectivity index (χ1v) is 9.10. The van der Waals surface area contributed by atoms with E-state index in [1.165, 1.54) is 31.3 Å². The molecule has 0 radical (unpaired) electrons. The molecule has 0 aromatic rings. The van der Waals surface area contributed by atoms with Crippen molar-refractivity contribution < 1.29 is 5.11 Å². The Bertz CT molecular complexity index is 437. The van der Waals surface area contributed by atoms with Crippen molar-refractivity contribution in [2.75, 3.05) is 0 Å². The molecule has 0 heterocycles. The van der Waals surface area contributed by atoms with E-state index in [2.05, 4.69) is 40.7 Å². The fourth-order valence-electron chi connectivity index (χ4n) is 6.17. The van der Waals surface area contributed by atoms with Crippen molar-refractivity contribution >= 4 is 0 Å². The minimum Gasteiger partial charge on any atom is -0.393 e. The van der Waals surface area contributed by atoms with E-state index in [4.69, 9.17) is 0 Å². The quantitative estimate of drug-likeness (QED) is 0.659. The first-order chi connectivity index (χ1) is 9.75. The van der Waals surface area contributed by atoms with Crippen LogP contribution in [-0.2, 0) is 0 Å². The standard InChI is InChI=1S/C20H34O/c1-13(2)16-6-7-19(4)8-9-20(5)12-15(21)10-14(3)11-17(20)18(16)19/h11,13,15-18,21H,6-10,12H2,1-5H3. The molecule has 3 aliphatic rings. The summed E-state index contributed by atoms with van der Waals surface area (Å²) in [6.07, 6.45) is 9.86. The molecule has 0 saturated heterocycles. The Hall–Kier alpha value is -0.300. The second kappa shape index (κ2) is 5.11. The molecule has 3 rings (SSSR count). The Morgan fingerprint density at radius 1 is 1.14 bits per heavy atom. The zero-order chi connectivity index (χ0) is 15.4. The van der Waals surface area contributed by atoms with Gasteiger partial charge in [-0.1, -0.05) is 39.3 Å². The van der Waals surface area contributed by atoms with Gasteiger partial charge in [-0.25, -0.2) is 0 Å². The second-order valence-electron chi connectivity index (χ2n) is 9.38. The van der Waals surface area contributed by atoms with Crippen LogP contribution in [0.4, 0.5) is 0 Å². The highest BCUT2D eigenvalue weighted by Gasteiger charge is 2.57. The van der Waals surface area contributed by atoms with Crippen LogP contribution in [0.15, 0.2) is 11.6 Å². The second-order valence-corrected chi connectivity index (χ2v) is 9.38. The highest BCUT2D eigenvalue weighted by atomic mass is 16.3. The van der Waals surface area contributed by atoms with Gasteiger partial charge in [-0.15, -0.1) is 0 Å².